The zero-order valence-corrected chi connectivity index (χ0v) is 30.0. The first-order chi connectivity index (χ1) is 25.2. The SMILES string of the molecule is CC(C)(O/N=C(\C(=O)N[C@@H]1C(=O)N2C(c3nnn[nH]3)=C(C[N+]34CCC[C@H]3CN(C(=O)c3cc(O)c(O)c(F)c3)CC4)CS[C@H]12)c1csc(N)n1)C(=O)O. The summed E-state index contributed by atoms with van der Waals surface area (Å²) >= 11 is 2.49. The molecule has 2 aromatic heterocycles. The van der Waals surface area contributed by atoms with Crippen LogP contribution in [-0.4, -0.2) is 146 Å². The third-order valence-corrected chi connectivity index (χ3v) is 12.0. The molecule has 3 aromatic rings. The number of carboxylic acid groups (broad SMARTS) is 1. The summed E-state index contributed by atoms with van der Waals surface area (Å²) in [4.78, 5) is 64.9. The van der Waals surface area contributed by atoms with Gasteiger partial charge in [0.05, 0.1) is 31.9 Å². The lowest BCUT2D eigenvalue weighted by atomic mass is 10.00. The average molecular weight is 773 g/mol. The number of benzene rings is 1. The molecule has 0 saturated carbocycles. The molecule has 3 fully saturated rings. The van der Waals surface area contributed by atoms with E-state index in [1.54, 1.807) is 9.80 Å². The van der Waals surface area contributed by atoms with Crippen LogP contribution in [0.5, 0.6) is 11.5 Å². The number of fused-ring (bicyclic) bond motifs is 2. The van der Waals surface area contributed by atoms with Crippen LogP contribution in [-0.2, 0) is 19.2 Å². The molecule has 0 bridgehead atoms. The van der Waals surface area contributed by atoms with Gasteiger partial charge >= 0.3 is 5.97 Å². The number of aromatic nitrogens is 5. The maximum absolute atomic E-state index is 14.1. The van der Waals surface area contributed by atoms with Crippen molar-refractivity contribution in [2.45, 2.75) is 49.7 Å². The molecule has 1 unspecified atom stereocenters. The van der Waals surface area contributed by atoms with Crippen molar-refractivity contribution in [1.29, 1.82) is 0 Å². The van der Waals surface area contributed by atoms with Crippen molar-refractivity contribution in [3.8, 4) is 11.5 Å². The molecule has 4 aliphatic rings. The lowest BCUT2D eigenvalue weighted by Gasteiger charge is -2.52. The molecule has 6 heterocycles. The Labute approximate surface area is 308 Å². The maximum Gasteiger partial charge on any atom is 0.350 e. The number of oxime groups is 1. The molecule has 19 nitrogen and oxygen atoms in total. The van der Waals surface area contributed by atoms with Crippen molar-refractivity contribution in [3.05, 3.63) is 46.0 Å². The summed E-state index contributed by atoms with van der Waals surface area (Å²) < 4.78 is 14.8. The summed E-state index contributed by atoms with van der Waals surface area (Å²) in [5.41, 5.74) is 5.06. The number of hydrogen-bond donors (Lipinski definition) is 6. The van der Waals surface area contributed by atoms with Gasteiger partial charge in [-0.1, -0.05) is 5.16 Å². The average Bonchev–Trinajstić information content (AvgIpc) is 3.90. The largest absolute Gasteiger partial charge is 0.504 e. The fourth-order valence-electron chi connectivity index (χ4n) is 7.17. The summed E-state index contributed by atoms with van der Waals surface area (Å²) in [6.07, 6.45) is 1.74. The van der Waals surface area contributed by atoms with E-state index in [0.29, 0.717) is 42.1 Å². The quantitative estimate of drug-likeness (QED) is 0.0533. The maximum atomic E-state index is 14.1. The summed E-state index contributed by atoms with van der Waals surface area (Å²) in [6.45, 7) is 5.23. The van der Waals surface area contributed by atoms with E-state index in [2.05, 4.69) is 36.1 Å². The monoisotopic (exact) mass is 772 g/mol. The minimum Gasteiger partial charge on any atom is -0.504 e. The Balaban J connectivity index is 1.11. The first-order valence-corrected chi connectivity index (χ1v) is 18.4. The lowest BCUT2D eigenvalue weighted by molar-refractivity contribution is -0.938. The van der Waals surface area contributed by atoms with Crippen molar-refractivity contribution >= 4 is 63.3 Å². The number of piperazine rings is 1. The third-order valence-electron chi connectivity index (χ3n) is 10.0. The smallest absolute Gasteiger partial charge is 0.350 e. The normalized spacial score (nSPS) is 24.4. The number of nitrogens with one attached hydrogen (secondary N) is 2. The molecule has 4 aliphatic heterocycles. The van der Waals surface area contributed by atoms with E-state index < -0.39 is 58.0 Å². The number of carbonyl (C=O) groups is 4. The highest BCUT2D eigenvalue weighted by Gasteiger charge is 2.56. The summed E-state index contributed by atoms with van der Waals surface area (Å²) in [5.74, 6) is -4.96. The van der Waals surface area contributed by atoms with Crippen LogP contribution in [0.3, 0.4) is 0 Å². The number of halogens is 1. The van der Waals surface area contributed by atoms with Gasteiger partial charge in [-0.05, 0) is 36.4 Å². The number of carbonyl (C=O) groups excluding carboxylic acids is 3. The predicted molar refractivity (Wildman–Crippen MR) is 186 cm³/mol. The molecule has 0 radical (unpaired) electrons. The number of phenolic OH excluding ortho intramolecular Hbond substituents is 2. The van der Waals surface area contributed by atoms with Crippen LogP contribution in [0.2, 0.25) is 0 Å². The first kappa shape index (κ1) is 36.0. The number of aliphatic carboxylic acids is 1. The van der Waals surface area contributed by atoms with Gasteiger partial charge < -0.3 is 40.6 Å². The van der Waals surface area contributed by atoms with E-state index in [0.717, 1.165) is 48.4 Å². The number of hydrogen-bond acceptors (Lipinski definition) is 15. The minimum atomic E-state index is -1.77. The van der Waals surface area contributed by atoms with E-state index in [9.17, 15) is 38.9 Å². The molecule has 1 aromatic carbocycles. The van der Waals surface area contributed by atoms with E-state index in [1.807, 2.05) is 0 Å². The molecule has 3 amide bonds. The van der Waals surface area contributed by atoms with Gasteiger partial charge in [-0.3, -0.25) is 19.3 Å². The van der Waals surface area contributed by atoms with Gasteiger partial charge in [-0.25, -0.2) is 19.3 Å². The van der Waals surface area contributed by atoms with Gasteiger partial charge in [0.1, 0.15) is 29.7 Å². The van der Waals surface area contributed by atoms with E-state index in [1.165, 1.54) is 31.0 Å². The molecule has 22 heteroatoms. The Morgan fingerprint density at radius 2 is 2.06 bits per heavy atom. The fourth-order valence-corrected chi connectivity index (χ4v) is 9.05. The van der Waals surface area contributed by atoms with Crippen LogP contribution < -0.4 is 11.1 Å². The van der Waals surface area contributed by atoms with Gasteiger partial charge in [0.15, 0.2) is 34.0 Å². The number of anilines is 1. The van der Waals surface area contributed by atoms with Crippen LogP contribution in [0.1, 0.15) is 48.6 Å². The molecular formula is C31H35FN11O8S2+. The Morgan fingerprint density at radius 3 is 2.74 bits per heavy atom. The second-order valence-electron chi connectivity index (χ2n) is 13.7. The van der Waals surface area contributed by atoms with Gasteiger partial charge in [-0.2, -0.15) is 0 Å². The number of aromatic amines is 1. The highest BCUT2D eigenvalue weighted by molar-refractivity contribution is 8.00. The first-order valence-electron chi connectivity index (χ1n) is 16.5. The Morgan fingerprint density at radius 1 is 1.26 bits per heavy atom. The second-order valence-corrected chi connectivity index (χ2v) is 15.7. The Hall–Kier alpha value is -5.35. The van der Waals surface area contributed by atoms with Crippen molar-refractivity contribution in [1.82, 2.24) is 40.7 Å². The molecule has 0 spiro atoms. The lowest BCUT2D eigenvalue weighted by Crippen LogP contribution is -2.70. The number of aromatic hydroxyl groups is 2. The molecule has 53 heavy (non-hydrogen) atoms. The van der Waals surface area contributed by atoms with E-state index in [4.69, 9.17) is 10.6 Å². The standard InChI is InChI=1S/C31H34FN11O8S2/c1-31(2,29(49)50)51-38-20(18-13-53-30(33)34-18)25(46)35-21-27(48)42-22(24-36-39-40-37-24)15(12-52-28(21)42)11-43-6-3-4-16(43)10-41(5-7-43)26(47)14-8-17(32)23(45)19(44)9-14/h8-9,13,16,21,28H,3-7,10-12H2,1-2H3,(H6-,33,34,35,36,37,38,39,40,44,45,46,47,49,50)/p+1/t16-,21+,28+,43?/m0/s1. The van der Waals surface area contributed by atoms with Crippen LogP contribution in [0.25, 0.3) is 5.70 Å². The topological polar surface area (TPSA) is 262 Å². The van der Waals surface area contributed by atoms with Gasteiger partial charge in [0.25, 0.3) is 17.7 Å². The number of nitrogens with zero attached hydrogens (tertiary/aromatic N) is 8. The van der Waals surface area contributed by atoms with Gasteiger partial charge in [0, 0.05) is 35.1 Å². The molecular weight excluding hydrogens is 738 g/mol. The van der Waals surface area contributed by atoms with Gasteiger partial charge in [0.2, 0.25) is 5.60 Å². The molecule has 0 aliphatic carbocycles. The number of quaternary nitrogens is 1. The van der Waals surface area contributed by atoms with Crippen molar-refractivity contribution in [2.24, 2.45) is 5.16 Å². The highest BCUT2D eigenvalue weighted by Crippen LogP contribution is 2.45. The molecule has 4 atom stereocenters. The van der Waals surface area contributed by atoms with Crippen LogP contribution in [0, 0.1) is 5.82 Å². The number of nitrogen functional groups attached to an aromatic ring is 1. The second kappa shape index (κ2) is 13.6. The zero-order chi connectivity index (χ0) is 37.8. The number of thioether (sulfide) groups is 1. The number of carboxylic acids is 1. The molecule has 7 rings (SSSR count). The van der Waals surface area contributed by atoms with E-state index in [-0.39, 0.29) is 34.0 Å². The van der Waals surface area contributed by atoms with Gasteiger partial charge in [-0.15, -0.1) is 28.2 Å². The molecule has 7 N–H and O–H groups in total. The number of β-lactam (4-membered cyclic amide) rings is 1. The van der Waals surface area contributed by atoms with Crippen molar-refractivity contribution in [3.63, 3.8) is 0 Å². The molecule has 3 saturated heterocycles. The van der Waals surface area contributed by atoms with E-state index >= 15 is 0 Å². The molecule has 280 valence electrons. The number of phenols is 2. The number of amides is 3. The number of rotatable bonds is 10. The van der Waals surface area contributed by atoms with Crippen LogP contribution in [0.15, 0.2) is 28.2 Å². The fraction of sp³-hybridized carbons (Fsp3) is 0.452. The minimum absolute atomic E-state index is 0.0393. The Kier molecular flexibility index (Phi) is 9.22. The highest BCUT2D eigenvalue weighted by atomic mass is 32.2. The number of thiazole rings is 1. The summed E-state index contributed by atoms with van der Waals surface area (Å²) in [6, 6.07) is 1.02. The van der Waals surface area contributed by atoms with Crippen LogP contribution in [0.4, 0.5) is 9.52 Å². The number of H-pyrrole nitrogens is 1. The zero-order valence-electron chi connectivity index (χ0n) is 28.4. The Bertz CT molecular complexity index is 2030. The van der Waals surface area contributed by atoms with Crippen molar-refractivity contribution < 1.29 is 48.2 Å². The third kappa shape index (κ3) is 6.50. The van der Waals surface area contributed by atoms with Crippen molar-refractivity contribution in [2.75, 3.05) is 44.2 Å². The van der Waals surface area contributed by atoms with Crippen LogP contribution >= 0.6 is 23.1 Å². The number of nitrogens with two attached hydrogens (primary N) is 1. The summed E-state index contributed by atoms with van der Waals surface area (Å²) in [5, 5.41) is 50.9. The predicted octanol–water partition coefficient (Wildman–Crippen LogP) is 0.319. The summed E-state index contributed by atoms with van der Waals surface area (Å²) in [7, 11) is 0. The number of tetrazole rings is 1.